The zero-order valence-corrected chi connectivity index (χ0v) is 12.0. The normalized spacial score (nSPS) is 19.1. The van der Waals surface area contributed by atoms with Crippen molar-refractivity contribution in [3.05, 3.63) is 35.2 Å². The van der Waals surface area contributed by atoms with Crippen molar-refractivity contribution in [1.82, 2.24) is 10.3 Å². The van der Waals surface area contributed by atoms with Gasteiger partial charge in [-0.15, -0.1) is 0 Å². The summed E-state index contributed by atoms with van der Waals surface area (Å²) in [6.07, 6.45) is 5.46. The molecule has 0 radical (unpaired) electrons. The Kier molecular flexibility index (Phi) is 4.18. The van der Waals surface area contributed by atoms with E-state index in [1.54, 1.807) is 0 Å². The van der Waals surface area contributed by atoms with Crippen molar-refractivity contribution in [3.63, 3.8) is 0 Å². The molecule has 2 heteroatoms. The SMILES string of the molecule is CC(C)/C1=C/CCNCc2ccnc(C(C)C)c21. The van der Waals surface area contributed by atoms with Gasteiger partial charge in [0.1, 0.15) is 0 Å². The first-order valence-electron chi connectivity index (χ1n) is 7.00. The maximum Gasteiger partial charge on any atom is 0.0507 e. The van der Waals surface area contributed by atoms with Crippen LogP contribution >= 0.6 is 0 Å². The van der Waals surface area contributed by atoms with Gasteiger partial charge in [0, 0.05) is 18.3 Å². The molecule has 0 fully saturated rings. The molecular weight excluding hydrogens is 220 g/mol. The third kappa shape index (κ3) is 2.64. The van der Waals surface area contributed by atoms with Crippen LogP contribution in [0.15, 0.2) is 18.3 Å². The molecule has 0 unspecified atom stereocenters. The Bertz CT molecular complexity index is 444. The Morgan fingerprint density at radius 3 is 2.61 bits per heavy atom. The largest absolute Gasteiger partial charge is 0.312 e. The van der Waals surface area contributed by atoms with Crippen LogP contribution in [0.25, 0.3) is 5.57 Å². The van der Waals surface area contributed by atoms with Crippen LogP contribution in [0.1, 0.15) is 56.9 Å². The van der Waals surface area contributed by atoms with Gasteiger partial charge in [-0.2, -0.15) is 0 Å². The predicted molar refractivity (Wildman–Crippen MR) is 77.5 cm³/mol. The predicted octanol–water partition coefficient (Wildman–Crippen LogP) is 3.74. The van der Waals surface area contributed by atoms with Gasteiger partial charge in [-0.1, -0.05) is 33.8 Å². The fourth-order valence-electron chi connectivity index (χ4n) is 2.62. The molecule has 1 aromatic rings. The molecule has 1 aromatic heterocycles. The summed E-state index contributed by atoms with van der Waals surface area (Å²) >= 11 is 0. The number of aromatic nitrogens is 1. The van der Waals surface area contributed by atoms with E-state index in [1.165, 1.54) is 22.4 Å². The van der Waals surface area contributed by atoms with Crippen LogP contribution in [0.3, 0.4) is 0 Å². The van der Waals surface area contributed by atoms with Gasteiger partial charge in [-0.25, -0.2) is 0 Å². The van der Waals surface area contributed by atoms with Crippen molar-refractivity contribution < 1.29 is 0 Å². The number of nitrogens with one attached hydrogen (secondary N) is 1. The third-order valence-electron chi connectivity index (χ3n) is 3.52. The quantitative estimate of drug-likeness (QED) is 0.857. The number of hydrogen-bond donors (Lipinski definition) is 1. The van der Waals surface area contributed by atoms with E-state index in [9.17, 15) is 0 Å². The topological polar surface area (TPSA) is 24.9 Å². The lowest BCUT2D eigenvalue weighted by atomic mass is 9.86. The molecule has 18 heavy (non-hydrogen) atoms. The minimum Gasteiger partial charge on any atom is -0.312 e. The van der Waals surface area contributed by atoms with Crippen molar-refractivity contribution in [3.8, 4) is 0 Å². The highest BCUT2D eigenvalue weighted by molar-refractivity contribution is 5.72. The summed E-state index contributed by atoms with van der Waals surface area (Å²) in [4.78, 5) is 4.63. The van der Waals surface area contributed by atoms with Crippen molar-refractivity contribution >= 4 is 5.57 Å². The van der Waals surface area contributed by atoms with Gasteiger partial charge in [0.25, 0.3) is 0 Å². The average molecular weight is 244 g/mol. The zero-order chi connectivity index (χ0) is 13.1. The van der Waals surface area contributed by atoms with Crippen molar-refractivity contribution in [2.75, 3.05) is 6.54 Å². The molecule has 98 valence electrons. The van der Waals surface area contributed by atoms with Gasteiger partial charge in [0.2, 0.25) is 0 Å². The molecule has 0 amide bonds. The van der Waals surface area contributed by atoms with E-state index in [2.05, 4.69) is 50.1 Å². The minimum atomic E-state index is 0.474. The van der Waals surface area contributed by atoms with Crippen molar-refractivity contribution in [2.45, 2.75) is 46.6 Å². The lowest BCUT2D eigenvalue weighted by molar-refractivity contribution is 0.677. The van der Waals surface area contributed by atoms with E-state index >= 15 is 0 Å². The smallest absolute Gasteiger partial charge is 0.0507 e. The molecule has 0 aliphatic carbocycles. The standard InChI is InChI=1S/C16H24N2/c1-11(2)14-6-5-8-17-10-13-7-9-18-16(12(3)4)15(13)14/h6-7,9,11-12,17H,5,8,10H2,1-4H3/b14-6-. The van der Waals surface area contributed by atoms with E-state index in [-0.39, 0.29) is 0 Å². The molecule has 0 atom stereocenters. The third-order valence-corrected chi connectivity index (χ3v) is 3.52. The summed E-state index contributed by atoms with van der Waals surface area (Å²) in [5.41, 5.74) is 5.52. The van der Waals surface area contributed by atoms with Crippen LogP contribution in [-0.2, 0) is 6.54 Å². The highest BCUT2D eigenvalue weighted by atomic mass is 14.8. The molecule has 1 N–H and O–H groups in total. The van der Waals surface area contributed by atoms with Gasteiger partial charge < -0.3 is 5.32 Å². The second kappa shape index (κ2) is 5.66. The number of hydrogen-bond acceptors (Lipinski definition) is 2. The fourth-order valence-corrected chi connectivity index (χ4v) is 2.62. The lowest BCUT2D eigenvalue weighted by Gasteiger charge is -2.23. The molecule has 2 nitrogen and oxygen atoms in total. The summed E-state index contributed by atoms with van der Waals surface area (Å²) in [6, 6.07) is 2.16. The van der Waals surface area contributed by atoms with E-state index in [0.29, 0.717) is 11.8 Å². The molecule has 0 saturated heterocycles. The van der Waals surface area contributed by atoms with Gasteiger partial charge in [0.05, 0.1) is 5.69 Å². The van der Waals surface area contributed by atoms with Gasteiger partial charge >= 0.3 is 0 Å². The van der Waals surface area contributed by atoms with Crippen LogP contribution in [0.5, 0.6) is 0 Å². The summed E-state index contributed by atoms with van der Waals surface area (Å²) < 4.78 is 0. The van der Waals surface area contributed by atoms with Gasteiger partial charge in [-0.05, 0) is 42.0 Å². The van der Waals surface area contributed by atoms with Gasteiger partial charge in [-0.3, -0.25) is 4.98 Å². The Labute approximate surface area is 111 Å². The monoisotopic (exact) mass is 244 g/mol. The first-order valence-corrected chi connectivity index (χ1v) is 7.00. The van der Waals surface area contributed by atoms with Crippen molar-refractivity contribution in [1.29, 1.82) is 0 Å². The molecule has 1 aliphatic heterocycles. The van der Waals surface area contributed by atoms with E-state index in [0.717, 1.165) is 19.5 Å². The lowest BCUT2D eigenvalue weighted by Crippen LogP contribution is -2.19. The Morgan fingerprint density at radius 2 is 1.94 bits per heavy atom. The summed E-state index contributed by atoms with van der Waals surface area (Å²) in [5.74, 6) is 1.03. The van der Waals surface area contributed by atoms with Gasteiger partial charge in [0.15, 0.2) is 0 Å². The Hall–Kier alpha value is -1.15. The minimum absolute atomic E-state index is 0.474. The molecule has 1 aliphatic rings. The second-order valence-electron chi connectivity index (χ2n) is 5.66. The van der Waals surface area contributed by atoms with E-state index in [4.69, 9.17) is 0 Å². The number of fused-ring (bicyclic) bond motifs is 1. The highest BCUT2D eigenvalue weighted by Gasteiger charge is 2.19. The Balaban J connectivity index is 2.60. The maximum atomic E-state index is 4.63. The molecule has 0 spiro atoms. The number of allylic oxidation sites excluding steroid dienone is 1. The van der Waals surface area contributed by atoms with E-state index < -0.39 is 0 Å². The molecule has 0 aromatic carbocycles. The van der Waals surface area contributed by atoms with E-state index in [1.807, 2.05) is 6.20 Å². The summed E-state index contributed by atoms with van der Waals surface area (Å²) in [6.45, 7) is 11.0. The first-order chi connectivity index (χ1) is 8.61. The average Bonchev–Trinajstić information content (AvgIpc) is 2.28. The van der Waals surface area contributed by atoms with Crippen LogP contribution in [0, 0.1) is 5.92 Å². The number of pyridine rings is 1. The summed E-state index contributed by atoms with van der Waals surface area (Å²) in [7, 11) is 0. The molecular formula is C16H24N2. The van der Waals surface area contributed by atoms with Crippen LogP contribution in [0.4, 0.5) is 0 Å². The van der Waals surface area contributed by atoms with Crippen LogP contribution < -0.4 is 5.32 Å². The molecule has 2 rings (SSSR count). The zero-order valence-electron chi connectivity index (χ0n) is 12.0. The molecule has 2 heterocycles. The number of nitrogens with zero attached hydrogens (tertiary/aromatic N) is 1. The molecule has 0 bridgehead atoms. The maximum absolute atomic E-state index is 4.63. The fraction of sp³-hybridized carbons (Fsp3) is 0.562. The number of rotatable bonds is 2. The summed E-state index contributed by atoms with van der Waals surface area (Å²) in [5, 5.41) is 3.50. The highest BCUT2D eigenvalue weighted by Crippen LogP contribution is 2.32. The Morgan fingerprint density at radius 1 is 1.17 bits per heavy atom. The van der Waals surface area contributed by atoms with Crippen LogP contribution in [0.2, 0.25) is 0 Å². The van der Waals surface area contributed by atoms with Crippen LogP contribution in [-0.4, -0.2) is 11.5 Å². The first kappa shape index (κ1) is 13.3. The van der Waals surface area contributed by atoms with Crippen molar-refractivity contribution in [2.24, 2.45) is 5.92 Å². The molecule has 0 saturated carbocycles. The second-order valence-corrected chi connectivity index (χ2v) is 5.66.